The van der Waals surface area contributed by atoms with Gasteiger partial charge in [0.05, 0.1) is 16.7 Å². The summed E-state index contributed by atoms with van der Waals surface area (Å²) in [5.74, 6) is -1.72. The maximum absolute atomic E-state index is 14.5. The highest BCUT2D eigenvalue weighted by Gasteiger charge is 2.22. The third kappa shape index (κ3) is 4.03. The van der Waals surface area contributed by atoms with Crippen molar-refractivity contribution in [2.45, 2.75) is 13.8 Å². The van der Waals surface area contributed by atoms with Crippen LogP contribution in [0, 0.1) is 21.8 Å². The highest BCUT2D eigenvalue weighted by molar-refractivity contribution is 6.32. The van der Waals surface area contributed by atoms with E-state index in [9.17, 15) is 19.3 Å². The number of nitrogens with zero attached hydrogens (tertiary/aromatic N) is 1. The molecule has 0 aliphatic heterocycles. The minimum atomic E-state index is -0.911. The average molecular weight is 363 g/mol. The number of hydrogen-bond acceptors (Lipinski definition) is 3. The van der Waals surface area contributed by atoms with Crippen molar-refractivity contribution in [3.63, 3.8) is 0 Å². The van der Waals surface area contributed by atoms with Crippen LogP contribution < -0.4 is 5.32 Å². The zero-order chi connectivity index (χ0) is 18.7. The zero-order valence-corrected chi connectivity index (χ0v) is 14.4. The molecule has 0 aromatic heterocycles. The highest BCUT2D eigenvalue weighted by Crippen LogP contribution is 2.36. The minimum Gasteiger partial charge on any atom is -0.323 e. The Morgan fingerprint density at radius 2 is 1.92 bits per heavy atom. The van der Waals surface area contributed by atoms with Gasteiger partial charge in [-0.15, -0.1) is 0 Å². The lowest BCUT2D eigenvalue weighted by molar-refractivity contribution is -0.385. The van der Waals surface area contributed by atoms with Crippen molar-refractivity contribution in [1.82, 2.24) is 0 Å². The summed E-state index contributed by atoms with van der Waals surface area (Å²) in [5.41, 5.74) is 0.266. The number of nitrogens with one attached hydrogen (secondary N) is 1. The van der Waals surface area contributed by atoms with Gasteiger partial charge in [-0.3, -0.25) is 14.9 Å². The lowest BCUT2D eigenvalue weighted by Gasteiger charge is -2.16. The summed E-state index contributed by atoms with van der Waals surface area (Å²) in [6, 6.07) is 8.66. The van der Waals surface area contributed by atoms with Crippen molar-refractivity contribution in [2.24, 2.45) is 5.92 Å². The van der Waals surface area contributed by atoms with E-state index in [0.717, 1.165) is 6.07 Å². The molecule has 1 N–H and O–H groups in total. The number of carbonyl (C=O) groups excluding carboxylic acids is 1. The van der Waals surface area contributed by atoms with Gasteiger partial charge in [0.2, 0.25) is 5.91 Å². The van der Waals surface area contributed by atoms with Crippen molar-refractivity contribution in [3.8, 4) is 0 Å². The Balaban J connectivity index is 2.64. The number of benzene rings is 2. The van der Waals surface area contributed by atoms with Crippen LogP contribution in [0.15, 0.2) is 43.0 Å². The molecule has 0 spiro atoms. The van der Waals surface area contributed by atoms with E-state index in [2.05, 4.69) is 11.9 Å². The molecule has 0 aliphatic carbocycles. The van der Waals surface area contributed by atoms with E-state index in [4.69, 9.17) is 11.6 Å². The van der Waals surface area contributed by atoms with E-state index in [1.54, 1.807) is 38.1 Å². The van der Waals surface area contributed by atoms with Crippen LogP contribution in [0.25, 0.3) is 5.57 Å². The summed E-state index contributed by atoms with van der Waals surface area (Å²) in [4.78, 5) is 22.4. The van der Waals surface area contributed by atoms with Gasteiger partial charge < -0.3 is 5.32 Å². The number of non-ortho nitro benzene ring substituents is 1. The van der Waals surface area contributed by atoms with Gasteiger partial charge in [-0.25, -0.2) is 4.39 Å². The van der Waals surface area contributed by atoms with Gasteiger partial charge in [0.25, 0.3) is 5.69 Å². The highest BCUT2D eigenvalue weighted by atomic mass is 35.5. The Hall–Kier alpha value is -2.73. The fourth-order valence-corrected chi connectivity index (χ4v) is 2.43. The molecule has 0 saturated heterocycles. The van der Waals surface area contributed by atoms with Gasteiger partial charge in [0.1, 0.15) is 0 Å². The number of carbonyl (C=O) groups is 1. The SMILES string of the molecule is C=C(c1ccccc1Cl)c1cc([N+](=O)[O-])cc(F)c1NC(=O)C(C)C. The topological polar surface area (TPSA) is 72.2 Å². The summed E-state index contributed by atoms with van der Waals surface area (Å²) in [7, 11) is 0. The van der Waals surface area contributed by atoms with Gasteiger partial charge >= 0.3 is 0 Å². The van der Waals surface area contributed by atoms with Crippen LogP contribution in [0.4, 0.5) is 15.8 Å². The van der Waals surface area contributed by atoms with Crippen molar-refractivity contribution < 1.29 is 14.1 Å². The van der Waals surface area contributed by atoms with Crippen molar-refractivity contribution in [1.29, 1.82) is 0 Å². The van der Waals surface area contributed by atoms with E-state index < -0.39 is 28.3 Å². The van der Waals surface area contributed by atoms with E-state index in [-0.39, 0.29) is 16.8 Å². The van der Waals surface area contributed by atoms with Gasteiger partial charge in [0.15, 0.2) is 5.82 Å². The first-order valence-electron chi connectivity index (χ1n) is 7.45. The molecule has 0 heterocycles. The Bertz CT molecular complexity index is 865. The standard InChI is InChI=1S/C18H16ClFN2O3/c1-10(2)18(23)21-17-14(8-12(22(24)25)9-16(17)20)11(3)13-6-4-5-7-15(13)19/h4-10H,3H2,1-2H3,(H,21,23). The second-order valence-corrected chi connectivity index (χ2v) is 6.12. The summed E-state index contributed by atoms with van der Waals surface area (Å²) in [5, 5.41) is 13.9. The maximum Gasteiger partial charge on any atom is 0.273 e. The lowest BCUT2D eigenvalue weighted by Crippen LogP contribution is -2.19. The Labute approximate surface area is 149 Å². The molecule has 25 heavy (non-hydrogen) atoms. The van der Waals surface area contributed by atoms with Crippen molar-refractivity contribution in [3.05, 3.63) is 75.1 Å². The second kappa shape index (κ2) is 7.44. The van der Waals surface area contributed by atoms with Crippen LogP contribution in [0.5, 0.6) is 0 Å². The van der Waals surface area contributed by atoms with Crippen LogP contribution in [-0.4, -0.2) is 10.8 Å². The molecule has 2 aromatic rings. The summed E-state index contributed by atoms with van der Waals surface area (Å²) in [6.07, 6.45) is 0. The zero-order valence-electron chi connectivity index (χ0n) is 13.7. The molecule has 0 bridgehead atoms. The van der Waals surface area contributed by atoms with Crippen LogP contribution in [-0.2, 0) is 4.79 Å². The lowest BCUT2D eigenvalue weighted by atomic mass is 9.96. The van der Waals surface area contributed by atoms with Gasteiger partial charge in [0, 0.05) is 28.1 Å². The molecule has 0 fully saturated rings. The maximum atomic E-state index is 14.5. The van der Waals surface area contributed by atoms with E-state index in [1.165, 1.54) is 6.07 Å². The Morgan fingerprint density at radius 1 is 1.28 bits per heavy atom. The monoisotopic (exact) mass is 362 g/mol. The van der Waals surface area contributed by atoms with Crippen molar-refractivity contribution >= 4 is 34.5 Å². The molecule has 2 rings (SSSR count). The smallest absolute Gasteiger partial charge is 0.273 e. The first kappa shape index (κ1) is 18.6. The fraction of sp³-hybridized carbons (Fsp3) is 0.167. The predicted octanol–water partition coefficient (Wildman–Crippen LogP) is 5.04. The third-order valence-electron chi connectivity index (χ3n) is 3.58. The summed E-state index contributed by atoms with van der Waals surface area (Å²) >= 11 is 6.14. The van der Waals surface area contributed by atoms with Gasteiger partial charge in [-0.1, -0.05) is 50.2 Å². The third-order valence-corrected chi connectivity index (χ3v) is 3.91. The Kier molecular flexibility index (Phi) is 5.54. The molecule has 0 saturated carbocycles. The fourth-order valence-electron chi connectivity index (χ4n) is 2.18. The van der Waals surface area contributed by atoms with Crippen LogP contribution in [0.3, 0.4) is 0 Å². The summed E-state index contributed by atoms with van der Waals surface area (Å²) < 4.78 is 14.5. The largest absolute Gasteiger partial charge is 0.323 e. The molecule has 1 amide bonds. The van der Waals surface area contributed by atoms with Gasteiger partial charge in [-0.05, 0) is 11.6 Å². The molecule has 7 heteroatoms. The predicted molar refractivity (Wildman–Crippen MR) is 96.1 cm³/mol. The number of hydrogen-bond donors (Lipinski definition) is 1. The van der Waals surface area contributed by atoms with Crippen LogP contribution >= 0.6 is 11.6 Å². The number of rotatable bonds is 5. The first-order chi connectivity index (χ1) is 11.7. The van der Waals surface area contributed by atoms with Gasteiger partial charge in [-0.2, -0.15) is 0 Å². The average Bonchev–Trinajstić information content (AvgIpc) is 2.55. The minimum absolute atomic E-state index is 0.105. The van der Waals surface area contributed by atoms with Crippen LogP contribution in [0.2, 0.25) is 5.02 Å². The van der Waals surface area contributed by atoms with Crippen molar-refractivity contribution in [2.75, 3.05) is 5.32 Å². The number of nitro groups is 1. The molecule has 5 nitrogen and oxygen atoms in total. The number of anilines is 1. The normalized spacial score (nSPS) is 10.6. The molecule has 0 atom stereocenters. The molecule has 0 aliphatic rings. The molecule has 0 unspecified atom stereocenters. The number of halogens is 2. The van der Waals surface area contributed by atoms with E-state index >= 15 is 0 Å². The molecular formula is C18H16ClFN2O3. The quantitative estimate of drug-likeness (QED) is 0.598. The molecule has 2 aromatic carbocycles. The molecular weight excluding hydrogens is 347 g/mol. The van der Waals surface area contributed by atoms with Crippen LogP contribution in [0.1, 0.15) is 25.0 Å². The Morgan fingerprint density at radius 3 is 2.48 bits per heavy atom. The summed E-state index contributed by atoms with van der Waals surface area (Å²) in [6.45, 7) is 7.19. The first-order valence-corrected chi connectivity index (χ1v) is 7.83. The molecule has 130 valence electrons. The number of nitro benzene ring substituents is 1. The van der Waals surface area contributed by atoms with E-state index in [1.807, 2.05) is 0 Å². The number of amides is 1. The molecule has 0 radical (unpaired) electrons. The van der Waals surface area contributed by atoms with E-state index in [0.29, 0.717) is 10.6 Å². The second-order valence-electron chi connectivity index (χ2n) is 5.71.